The van der Waals surface area contributed by atoms with Crippen LogP contribution in [0.5, 0.6) is 0 Å². The zero-order valence-electron chi connectivity index (χ0n) is 16.0. The van der Waals surface area contributed by atoms with E-state index < -0.39 is 0 Å². The van der Waals surface area contributed by atoms with Crippen LogP contribution in [0.4, 0.5) is 0 Å². The summed E-state index contributed by atoms with van der Waals surface area (Å²) in [6.07, 6.45) is 6.29. The van der Waals surface area contributed by atoms with E-state index in [9.17, 15) is 9.59 Å². The van der Waals surface area contributed by atoms with Gasteiger partial charge in [-0.25, -0.2) is 0 Å². The van der Waals surface area contributed by atoms with E-state index in [4.69, 9.17) is 8.94 Å². The second-order valence-electron chi connectivity index (χ2n) is 6.99. The number of pyridine rings is 1. The van der Waals surface area contributed by atoms with Crippen molar-refractivity contribution >= 4 is 11.8 Å². The Kier molecular flexibility index (Phi) is 5.37. The number of likely N-dealkylation sites (N-methyl/N-ethyl adjacent to an activating group) is 1. The smallest absolute Gasteiger partial charge is 0.289 e. The summed E-state index contributed by atoms with van der Waals surface area (Å²) in [6.45, 7) is 1.18. The highest BCUT2D eigenvalue weighted by Gasteiger charge is 2.28. The minimum absolute atomic E-state index is 0.0115. The van der Waals surface area contributed by atoms with Crippen molar-refractivity contribution in [1.29, 1.82) is 0 Å². The number of carbonyl (C=O) groups is 2. The van der Waals surface area contributed by atoms with Gasteiger partial charge >= 0.3 is 0 Å². The van der Waals surface area contributed by atoms with Gasteiger partial charge in [-0.2, -0.15) is 4.98 Å². The molecule has 1 saturated heterocycles. The summed E-state index contributed by atoms with van der Waals surface area (Å²) in [6, 6.07) is 6.91. The first-order chi connectivity index (χ1) is 14.1. The summed E-state index contributed by atoms with van der Waals surface area (Å²) in [5.74, 6) is 1.06. The maximum absolute atomic E-state index is 12.6. The van der Waals surface area contributed by atoms with Crippen molar-refractivity contribution in [2.45, 2.75) is 18.8 Å². The molecule has 0 spiro atoms. The van der Waals surface area contributed by atoms with E-state index in [1.165, 1.54) is 11.2 Å². The van der Waals surface area contributed by atoms with Crippen LogP contribution < -0.4 is 0 Å². The Balaban J connectivity index is 1.31. The number of hydrogen-bond acceptors (Lipinski definition) is 7. The molecule has 4 heterocycles. The summed E-state index contributed by atoms with van der Waals surface area (Å²) in [5, 5.41) is 4.11. The number of likely N-dealkylation sites (tertiary alicyclic amines) is 1. The second-order valence-corrected chi connectivity index (χ2v) is 6.99. The summed E-state index contributed by atoms with van der Waals surface area (Å²) in [4.78, 5) is 36.5. The third kappa shape index (κ3) is 4.18. The van der Waals surface area contributed by atoms with Crippen LogP contribution in [-0.2, 0) is 4.79 Å². The molecule has 1 aliphatic rings. The molecule has 3 aromatic heterocycles. The van der Waals surface area contributed by atoms with Crippen LogP contribution in [0.25, 0.3) is 11.5 Å². The second kappa shape index (κ2) is 8.26. The Labute approximate surface area is 167 Å². The Morgan fingerprint density at radius 2 is 2.07 bits per heavy atom. The van der Waals surface area contributed by atoms with Crippen LogP contribution in [-0.4, -0.2) is 63.4 Å². The fourth-order valence-electron chi connectivity index (χ4n) is 3.36. The molecule has 0 aromatic carbocycles. The SMILES string of the molecule is CN(CC(=O)N1CCC(c2noc(-c3cccnc3)n2)CC1)C(=O)c1ccco1. The van der Waals surface area contributed by atoms with Gasteiger partial charge in [0.15, 0.2) is 11.6 Å². The van der Waals surface area contributed by atoms with Crippen molar-refractivity contribution in [3.63, 3.8) is 0 Å². The van der Waals surface area contributed by atoms with Gasteiger partial charge in [-0.05, 0) is 37.1 Å². The summed E-state index contributed by atoms with van der Waals surface area (Å²) >= 11 is 0. The van der Waals surface area contributed by atoms with E-state index in [0.29, 0.717) is 24.8 Å². The lowest BCUT2D eigenvalue weighted by Crippen LogP contribution is -2.44. The van der Waals surface area contributed by atoms with Crippen LogP contribution in [0.2, 0.25) is 0 Å². The molecule has 0 aliphatic carbocycles. The van der Waals surface area contributed by atoms with E-state index in [2.05, 4.69) is 15.1 Å². The van der Waals surface area contributed by atoms with Crippen molar-refractivity contribution in [3.05, 3.63) is 54.5 Å². The molecular weight excluding hydrogens is 374 g/mol. The van der Waals surface area contributed by atoms with Crippen LogP contribution in [0, 0.1) is 0 Å². The normalized spacial score (nSPS) is 14.7. The fraction of sp³-hybridized carbons (Fsp3) is 0.350. The lowest BCUT2D eigenvalue weighted by molar-refractivity contribution is -0.132. The number of amides is 2. The van der Waals surface area contributed by atoms with E-state index in [1.807, 2.05) is 12.1 Å². The topological polar surface area (TPSA) is 106 Å². The van der Waals surface area contributed by atoms with Gasteiger partial charge in [-0.1, -0.05) is 5.16 Å². The van der Waals surface area contributed by atoms with Gasteiger partial charge < -0.3 is 18.7 Å². The van der Waals surface area contributed by atoms with Gasteiger partial charge in [-0.15, -0.1) is 0 Å². The lowest BCUT2D eigenvalue weighted by atomic mass is 9.96. The van der Waals surface area contributed by atoms with Gasteiger partial charge in [0.1, 0.15) is 0 Å². The third-order valence-corrected chi connectivity index (χ3v) is 5.01. The standard InChI is InChI=1S/C20H21N5O4/c1-24(20(27)16-5-3-11-28-16)13-17(26)25-9-6-14(7-10-25)18-22-19(29-23-18)15-4-2-8-21-12-15/h2-5,8,11-12,14H,6-7,9-10,13H2,1H3. The fourth-order valence-corrected chi connectivity index (χ4v) is 3.36. The Bertz CT molecular complexity index is 962. The molecule has 9 nitrogen and oxygen atoms in total. The number of piperidine rings is 1. The largest absolute Gasteiger partial charge is 0.459 e. The third-order valence-electron chi connectivity index (χ3n) is 5.01. The molecule has 9 heteroatoms. The molecule has 1 aliphatic heterocycles. The average molecular weight is 395 g/mol. The maximum Gasteiger partial charge on any atom is 0.289 e. The first-order valence-corrected chi connectivity index (χ1v) is 9.42. The van der Waals surface area contributed by atoms with Crippen LogP contribution in [0.1, 0.15) is 35.1 Å². The van der Waals surface area contributed by atoms with Crippen LogP contribution in [0.3, 0.4) is 0 Å². The highest BCUT2D eigenvalue weighted by atomic mass is 16.5. The number of nitrogens with zero attached hydrogens (tertiary/aromatic N) is 5. The Hall–Kier alpha value is -3.49. The molecular formula is C20H21N5O4. The molecule has 0 N–H and O–H groups in total. The molecule has 150 valence electrons. The van der Waals surface area contributed by atoms with E-state index in [-0.39, 0.29) is 30.0 Å². The molecule has 2 amide bonds. The molecule has 3 aromatic rings. The summed E-state index contributed by atoms with van der Waals surface area (Å²) in [5.41, 5.74) is 0.781. The predicted molar refractivity (Wildman–Crippen MR) is 102 cm³/mol. The maximum atomic E-state index is 12.6. The van der Waals surface area contributed by atoms with E-state index in [0.717, 1.165) is 18.4 Å². The highest BCUT2D eigenvalue weighted by Crippen LogP contribution is 2.28. The molecule has 0 saturated carbocycles. The molecule has 4 rings (SSSR count). The molecule has 0 unspecified atom stereocenters. The van der Waals surface area contributed by atoms with E-state index in [1.54, 1.807) is 36.5 Å². The van der Waals surface area contributed by atoms with Gasteiger partial charge in [0.2, 0.25) is 5.91 Å². The van der Waals surface area contributed by atoms with Crippen molar-refractivity contribution in [1.82, 2.24) is 24.9 Å². The van der Waals surface area contributed by atoms with E-state index >= 15 is 0 Å². The van der Waals surface area contributed by atoms with Gasteiger partial charge in [0.25, 0.3) is 11.8 Å². The predicted octanol–water partition coefficient (Wildman–Crippen LogP) is 2.20. The van der Waals surface area contributed by atoms with Gasteiger partial charge in [0, 0.05) is 38.4 Å². The Morgan fingerprint density at radius 1 is 1.24 bits per heavy atom. The lowest BCUT2D eigenvalue weighted by Gasteiger charge is -2.31. The monoisotopic (exact) mass is 395 g/mol. The number of hydrogen-bond donors (Lipinski definition) is 0. The summed E-state index contributed by atoms with van der Waals surface area (Å²) in [7, 11) is 1.59. The number of aromatic nitrogens is 3. The number of furan rings is 1. The average Bonchev–Trinajstić information content (AvgIpc) is 3.46. The van der Waals surface area contributed by atoms with Gasteiger partial charge in [0.05, 0.1) is 18.4 Å². The molecule has 0 bridgehead atoms. The Morgan fingerprint density at radius 3 is 2.76 bits per heavy atom. The molecule has 1 fully saturated rings. The zero-order chi connectivity index (χ0) is 20.2. The first-order valence-electron chi connectivity index (χ1n) is 9.42. The van der Waals surface area contributed by atoms with Crippen molar-refractivity contribution in [2.75, 3.05) is 26.7 Å². The minimum atomic E-state index is -0.312. The number of rotatable bonds is 5. The minimum Gasteiger partial charge on any atom is -0.459 e. The van der Waals surface area contributed by atoms with Crippen LogP contribution in [0.15, 0.2) is 51.9 Å². The van der Waals surface area contributed by atoms with Crippen LogP contribution >= 0.6 is 0 Å². The van der Waals surface area contributed by atoms with Crippen molar-refractivity contribution in [2.24, 2.45) is 0 Å². The number of carbonyl (C=O) groups excluding carboxylic acids is 2. The molecule has 29 heavy (non-hydrogen) atoms. The molecule has 0 atom stereocenters. The van der Waals surface area contributed by atoms with Gasteiger partial charge in [-0.3, -0.25) is 14.6 Å². The zero-order valence-corrected chi connectivity index (χ0v) is 16.0. The quantitative estimate of drug-likeness (QED) is 0.652. The van der Waals surface area contributed by atoms with Crippen molar-refractivity contribution in [3.8, 4) is 11.5 Å². The first kappa shape index (κ1) is 18.9. The van der Waals surface area contributed by atoms with Crippen molar-refractivity contribution < 1.29 is 18.5 Å². The molecule has 0 radical (unpaired) electrons. The summed E-state index contributed by atoms with van der Waals surface area (Å²) < 4.78 is 10.5. The highest BCUT2D eigenvalue weighted by molar-refractivity contribution is 5.94.